The van der Waals surface area contributed by atoms with E-state index in [1.165, 1.54) is 17.0 Å². The van der Waals surface area contributed by atoms with Crippen LogP contribution >= 0.6 is 0 Å². The van der Waals surface area contributed by atoms with E-state index in [4.69, 9.17) is 9.47 Å². The molecule has 150 valence electrons. The summed E-state index contributed by atoms with van der Waals surface area (Å²) in [5.41, 5.74) is 0.111. The molecule has 0 saturated carbocycles. The lowest BCUT2D eigenvalue weighted by Crippen LogP contribution is -2.57. The van der Waals surface area contributed by atoms with Crippen LogP contribution in [0.3, 0.4) is 0 Å². The quantitative estimate of drug-likeness (QED) is 0.798. The van der Waals surface area contributed by atoms with Crippen LogP contribution in [0.2, 0.25) is 0 Å². The number of nitrogens with zero attached hydrogens (tertiary/aromatic N) is 2. The Hall–Kier alpha value is -1.89. The topological polar surface area (TPSA) is 42.0 Å². The van der Waals surface area contributed by atoms with Gasteiger partial charge in [-0.05, 0) is 77.4 Å². The first-order valence-electron chi connectivity index (χ1n) is 9.44. The Kier molecular flexibility index (Phi) is 5.60. The monoisotopic (exact) mass is 382 g/mol. The number of carbonyl (C=O) groups is 1. The maximum Gasteiger partial charge on any atom is 0.410 e. The van der Waals surface area contributed by atoms with Crippen molar-refractivity contribution in [1.29, 1.82) is 0 Å². The van der Waals surface area contributed by atoms with Crippen molar-refractivity contribution in [3.8, 4) is 5.75 Å². The smallest absolute Gasteiger partial charge is 0.410 e. The fraction of sp³-hybridized carbons (Fsp3) is 0.650. The van der Waals surface area contributed by atoms with Crippen LogP contribution in [0.4, 0.5) is 13.6 Å². The van der Waals surface area contributed by atoms with Crippen molar-refractivity contribution in [2.24, 2.45) is 0 Å². The molecule has 2 heterocycles. The van der Waals surface area contributed by atoms with Gasteiger partial charge in [0.15, 0.2) is 17.4 Å². The third-order valence-corrected chi connectivity index (χ3v) is 4.99. The number of carbonyl (C=O) groups excluding carboxylic acids is 1. The van der Waals surface area contributed by atoms with Gasteiger partial charge in [-0.1, -0.05) is 0 Å². The van der Waals surface area contributed by atoms with E-state index in [1.807, 2.05) is 7.05 Å². The predicted octanol–water partition coefficient (Wildman–Crippen LogP) is 3.77. The molecule has 0 aromatic heterocycles. The highest BCUT2D eigenvalue weighted by Crippen LogP contribution is 2.33. The largest absolute Gasteiger partial charge is 0.481 e. The van der Waals surface area contributed by atoms with Gasteiger partial charge in [0, 0.05) is 0 Å². The van der Waals surface area contributed by atoms with Crippen LogP contribution in [0.5, 0.6) is 5.75 Å². The van der Waals surface area contributed by atoms with Gasteiger partial charge in [0.1, 0.15) is 11.7 Å². The summed E-state index contributed by atoms with van der Waals surface area (Å²) in [4.78, 5) is 15.6. The number of hydrogen-bond donors (Lipinski definition) is 0. The van der Waals surface area contributed by atoms with E-state index in [9.17, 15) is 13.6 Å². The lowest BCUT2D eigenvalue weighted by molar-refractivity contribution is -0.0238. The molecule has 0 N–H and O–H groups in total. The molecule has 7 heteroatoms. The first-order chi connectivity index (χ1) is 12.6. The summed E-state index contributed by atoms with van der Waals surface area (Å²) in [6, 6.07) is 2.78. The molecule has 0 aliphatic carbocycles. The van der Waals surface area contributed by atoms with Crippen molar-refractivity contribution >= 4 is 6.09 Å². The van der Waals surface area contributed by atoms with Crippen molar-refractivity contribution in [3.05, 3.63) is 29.3 Å². The van der Waals surface area contributed by atoms with Crippen molar-refractivity contribution in [2.45, 2.75) is 51.2 Å². The molecule has 0 unspecified atom stereocenters. The SMILES string of the molecule is CN1CCC(c2cc(F)c(OC3CN(C(=O)OC(C)(C)C)C3)c(F)c2)CC1. The van der Waals surface area contributed by atoms with E-state index in [-0.39, 0.29) is 24.8 Å². The Morgan fingerprint density at radius 3 is 2.19 bits per heavy atom. The Bertz CT molecular complexity index is 668. The molecule has 5 nitrogen and oxygen atoms in total. The molecule has 0 radical (unpaired) electrons. The minimum atomic E-state index is -0.681. The zero-order valence-electron chi connectivity index (χ0n) is 16.4. The fourth-order valence-corrected chi connectivity index (χ4v) is 3.42. The zero-order chi connectivity index (χ0) is 19.8. The maximum atomic E-state index is 14.5. The molecule has 1 aromatic carbocycles. The van der Waals surface area contributed by atoms with Crippen LogP contribution in [-0.2, 0) is 4.74 Å². The highest BCUT2D eigenvalue weighted by molar-refractivity contribution is 5.69. The summed E-state index contributed by atoms with van der Waals surface area (Å²) in [5, 5.41) is 0. The van der Waals surface area contributed by atoms with Gasteiger partial charge in [-0.2, -0.15) is 0 Å². The van der Waals surface area contributed by atoms with Crippen LogP contribution in [0.1, 0.15) is 45.1 Å². The van der Waals surface area contributed by atoms with Crippen molar-refractivity contribution in [2.75, 3.05) is 33.2 Å². The molecular weight excluding hydrogens is 354 g/mol. The number of rotatable bonds is 3. The maximum absolute atomic E-state index is 14.5. The molecule has 2 saturated heterocycles. The van der Waals surface area contributed by atoms with Crippen molar-refractivity contribution < 1.29 is 23.0 Å². The van der Waals surface area contributed by atoms with E-state index in [0.29, 0.717) is 5.56 Å². The summed E-state index contributed by atoms with van der Waals surface area (Å²) < 4.78 is 39.7. The summed E-state index contributed by atoms with van der Waals surface area (Å²) in [6.07, 6.45) is 0.906. The minimum absolute atomic E-state index is 0.172. The number of piperidine rings is 1. The second-order valence-electron chi connectivity index (χ2n) is 8.52. The summed E-state index contributed by atoms with van der Waals surface area (Å²) in [7, 11) is 2.05. The normalized spacial score (nSPS) is 19.7. The van der Waals surface area contributed by atoms with E-state index >= 15 is 0 Å². The van der Waals surface area contributed by atoms with Crippen molar-refractivity contribution in [1.82, 2.24) is 9.80 Å². The lowest BCUT2D eigenvalue weighted by atomic mass is 9.89. The third-order valence-electron chi connectivity index (χ3n) is 4.99. The minimum Gasteiger partial charge on any atom is -0.481 e. The number of hydrogen-bond acceptors (Lipinski definition) is 4. The van der Waals surface area contributed by atoms with Gasteiger partial charge in [0.25, 0.3) is 0 Å². The highest BCUT2D eigenvalue weighted by atomic mass is 19.1. The van der Waals surface area contributed by atoms with E-state index in [1.54, 1.807) is 20.8 Å². The molecular formula is C20H28F2N2O3. The Morgan fingerprint density at radius 2 is 1.67 bits per heavy atom. The van der Waals surface area contributed by atoms with Crippen molar-refractivity contribution in [3.63, 3.8) is 0 Å². The Morgan fingerprint density at radius 1 is 1.11 bits per heavy atom. The number of benzene rings is 1. The van der Waals surface area contributed by atoms with Gasteiger partial charge in [-0.15, -0.1) is 0 Å². The summed E-state index contributed by atoms with van der Waals surface area (Å²) in [5.74, 6) is -1.55. The molecule has 0 spiro atoms. The lowest BCUT2D eigenvalue weighted by Gasteiger charge is -2.39. The van der Waals surface area contributed by atoms with E-state index < -0.39 is 29.4 Å². The number of amides is 1. The molecule has 27 heavy (non-hydrogen) atoms. The van der Waals surface area contributed by atoms with E-state index in [0.717, 1.165) is 25.9 Å². The average Bonchev–Trinajstić information content (AvgIpc) is 2.51. The summed E-state index contributed by atoms with van der Waals surface area (Å²) >= 11 is 0. The molecule has 2 aliphatic heterocycles. The predicted molar refractivity (Wildman–Crippen MR) is 98.1 cm³/mol. The van der Waals surface area contributed by atoms with E-state index in [2.05, 4.69) is 4.90 Å². The van der Waals surface area contributed by atoms with Gasteiger partial charge in [0.05, 0.1) is 13.1 Å². The molecule has 0 bridgehead atoms. The Labute approximate surface area is 159 Å². The van der Waals surface area contributed by atoms with Crippen LogP contribution in [0, 0.1) is 11.6 Å². The number of halogens is 2. The molecule has 3 rings (SSSR count). The molecule has 2 fully saturated rings. The van der Waals surface area contributed by atoms with Gasteiger partial charge in [-0.3, -0.25) is 0 Å². The van der Waals surface area contributed by atoms with Gasteiger partial charge >= 0.3 is 6.09 Å². The number of ether oxygens (including phenoxy) is 2. The summed E-state index contributed by atoms with van der Waals surface area (Å²) in [6.45, 7) is 7.72. The Balaban J connectivity index is 1.58. The van der Waals surface area contributed by atoms with Gasteiger partial charge < -0.3 is 19.3 Å². The van der Waals surface area contributed by atoms with Crippen LogP contribution in [-0.4, -0.2) is 60.8 Å². The first-order valence-corrected chi connectivity index (χ1v) is 9.44. The number of likely N-dealkylation sites (tertiary alicyclic amines) is 2. The van der Waals surface area contributed by atoms with Crippen LogP contribution in [0.15, 0.2) is 12.1 Å². The molecule has 1 aromatic rings. The fourth-order valence-electron chi connectivity index (χ4n) is 3.42. The average molecular weight is 382 g/mol. The van der Waals surface area contributed by atoms with Crippen LogP contribution < -0.4 is 4.74 Å². The third kappa shape index (κ3) is 4.89. The van der Waals surface area contributed by atoms with Gasteiger partial charge in [0.2, 0.25) is 0 Å². The van der Waals surface area contributed by atoms with Gasteiger partial charge in [-0.25, -0.2) is 13.6 Å². The molecule has 1 amide bonds. The standard InChI is InChI=1S/C20H28F2N2O3/c1-20(2,3)27-19(25)24-11-15(12-24)26-18-16(21)9-14(10-17(18)22)13-5-7-23(4)8-6-13/h9-10,13,15H,5-8,11-12H2,1-4H3. The molecule has 0 atom stereocenters. The molecule has 2 aliphatic rings. The zero-order valence-corrected chi connectivity index (χ0v) is 16.4. The first kappa shape index (κ1) is 19.9. The van der Waals surface area contributed by atoms with Crippen LogP contribution in [0.25, 0.3) is 0 Å². The second kappa shape index (κ2) is 7.62. The second-order valence-corrected chi connectivity index (χ2v) is 8.52. The highest BCUT2D eigenvalue weighted by Gasteiger charge is 2.36.